The van der Waals surface area contributed by atoms with Crippen LogP contribution in [0.15, 0.2) is 35.3 Å². The van der Waals surface area contributed by atoms with Crippen LogP contribution >= 0.6 is 0 Å². The summed E-state index contributed by atoms with van der Waals surface area (Å²) in [4.78, 5) is 58.8. The lowest BCUT2D eigenvalue weighted by Gasteiger charge is -2.26. The van der Waals surface area contributed by atoms with Gasteiger partial charge < -0.3 is 24.6 Å². The number of hydrogen-bond acceptors (Lipinski definition) is 9. The molecule has 4 unspecified atom stereocenters. The predicted molar refractivity (Wildman–Crippen MR) is 189 cm³/mol. The van der Waals surface area contributed by atoms with Gasteiger partial charge in [0.25, 0.3) is 0 Å². The first-order valence-electron chi connectivity index (χ1n) is 18.3. The van der Waals surface area contributed by atoms with Gasteiger partial charge in [0.2, 0.25) is 11.4 Å². The fourth-order valence-electron chi connectivity index (χ4n) is 8.93. The van der Waals surface area contributed by atoms with Crippen LogP contribution in [-0.4, -0.2) is 121 Å². The van der Waals surface area contributed by atoms with E-state index in [1.807, 2.05) is 49.9 Å². The van der Waals surface area contributed by atoms with Gasteiger partial charge in [0.1, 0.15) is 16.8 Å². The number of pyridine rings is 1. The van der Waals surface area contributed by atoms with Crippen molar-refractivity contribution >= 4 is 45.7 Å². The molecule has 50 heavy (non-hydrogen) atoms. The van der Waals surface area contributed by atoms with Crippen molar-refractivity contribution in [1.82, 2.24) is 34.1 Å². The summed E-state index contributed by atoms with van der Waals surface area (Å²) in [5.41, 5.74) is 0.976. The second-order valence-electron chi connectivity index (χ2n) is 16.4. The number of fused-ring (bicyclic) bond motifs is 7. The number of hydrogen-bond donors (Lipinski definition) is 2. The zero-order valence-electron chi connectivity index (χ0n) is 29.0. The average molecular weight is 683 g/mol. The minimum absolute atomic E-state index is 0.130. The normalized spacial score (nSPS) is 26.9. The molecule has 6 aliphatic rings. The minimum Gasteiger partial charge on any atom is -0.477 e. The monoisotopic (exact) mass is 682 g/mol. The van der Waals surface area contributed by atoms with E-state index < -0.39 is 11.4 Å². The number of H-pyrrole nitrogens is 1. The fourth-order valence-corrected chi connectivity index (χ4v) is 8.93. The maximum absolute atomic E-state index is 13.0. The molecule has 3 aromatic heterocycles. The number of anilines is 1. The van der Waals surface area contributed by atoms with Gasteiger partial charge in [-0.1, -0.05) is 12.1 Å². The van der Waals surface area contributed by atoms with Crippen molar-refractivity contribution < 1.29 is 19.4 Å². The Kier molecular flexibility index (Phi) is 7.40. The zero-order chi connectivity index (χ0) is 34.5. The number of aromatic amines is 1. The Bertz CT molecular complexity index is 2030. The molecule has 4 aromatic rings. The molecule has 7 heterocycles. The highest BCUT2D eigenvalue weighted by Crippen LogP contribution is 2.40. The van der Waals surface area contributed by atoms with Gasteiger partial charge in [-0.3, -0.25) is 19.0 Å². The number of rotatable bonds is 4. The first kappa shape index (κ1) is 31.7. The van der Waals surface area contributed by atoms with Gasteiger partial charge in [0, 0.05) is 70.6 Å². The van der Waals surface area contributed by atoms with E-state index in [1.54, 1.807) is 4.40 Å². The number of carboxylic acid groups (broad SMARTS) is 1. The summed E-state index contributed by atoms with van der Waals surface area (Å²) >= 11 is 0. The van der Waals surface area contributed by atoms with Gasteiger partial charge in [-0.05, 0) is 82.3 Å². The van der Waals surface area contributed by atoms with E-state index in [-0.39, 0.29) is 28.3 Å². The van der Waals surface area contributed by atoms with Crippen LogP contribution in [0.4, 0.5) is 10.7 Å². The molecule has 4 atom stereocenters. The molecule has 1 amide bonds. The molecule has 2 N–H and O–H groups in total. The SMILES string of the molecule is CC(C)(C)OC(=O)N1CC2CN(C3CC3)CC2C1.O=C(O)c1c(=O)c2cnc(N3CC4CN(C5CC5)CC4C3)nc2n2c1[nH]c1ccccc12. The number of amides is 1. The van der Waals surface area contributed by atoms with E-state index >= 15 is 0 Å². The minimum atomic E-state index is -1.27. The summed E-state index contributed by atoms with van der Waals surface area (Å²) in [6.07, 6.45) is 6.81. The number of para-hydroxylation sites is 2. The van der Waals surface area contributed by atoms with Gasteiger partial charge in [0.15, 0.2) is 5.65 Å². The second-order valence-corrected chi connectivity index (χ2v) is 16.4. The lowest BCUT2D eigenvalue weighted by atomic mass is 10.0. The molecule has 0 spiro atoms. The number of carbonyl (C=O) groups excluding carboxylic acids is 1. The summed E-state index contributed by atoms with van der Waals surface area (Å²) in [5, 5.41) is 9.96. The standard InChI is InChI=1S/C23H22N6O3.C14H24N2O2/c30-19-15-7-24-23(28-10-12-8-27(14-5-6-14)9-13(12)11-28)26-20(15)29-17-4-2-1-3-16(17)25-21(29)18(19)22(31)32;1-14(2,3)18-13(17)16-8-10-6-15(12-4-5-12)7-11(10)9-16/h1-4,7,12-14,25H,5-6,8-11H2,(H,31,32);10-12H,4-9H2,1-3H3. The second kappa shape index (κ2) is 11.7. The highest BCUT2D eigenvalue weighted by atomic mass is 16.6. The number of imidazole rings is 1. The molecule has 2 aliphatic carbocycles. The number of carboxylic acids is 1. The summed E-state index contributed by atoms with van der Waals surface area (Å²) in [6.45, 7) is 14.1. The Labute approximate surface area is 290 Å². The molecule has 264 valence electrons. The molecule has 10 rings (SSSR count). The van der Waals surface area contributed by atoms with Crippen molar-refractivity contribution in [3.05, 3.63) is 46.2 Å². The number of likely N-dealkylation sites (tertiary alicyclic amines) is 3. The van der Waals surface area contributed by atoms with Crippen molar-refractivity contribution in [2.45, 2.75) is 64.1 Å². The maximum atomic E-state index is 13.0. The lowest BCUT2D eigenvalue weighted by Crippen LogP contribution is -2.37. The molecule has 0 bridgehead atoms. The summed E-state index contributed by atoms with van der Waals surface area (Å²) in [6, 6.07) is 9.17. The fraction of sp³-hybridized carbons (Fsp3) is 0.595. The van der Waals surface area contributed by atoms with Crippen LogP contribution in [-0.2, 0) is 4.74 Å². The van der Waals surface area contributed by atoms with E-state index in [2.05, 4.69) is 24.7 Å². The van der Waals surface area contributed by atoms with Crippen molar-refractivity contribution in [1.29, 1.82) is 0 Å². The van der Waals surface area contributed by atoms with Crippen LogP contribution in [0.2, 0.25) is 0 Å². The van der Waals surface area contributed by atoms with Crippen LogP contribution in [0.3, 0.4) is 0 Å². The Morgan fingerprint density at radius 2 is 1.44 bits per heavy atom. The van der Waals surface area contributed by atoms with Crippen LogP contribution in [0.1, 0.15) is 56.8 Å². The topological polar surface area (TPSA) is 140 Å². The third-order valence-electron chi connectivity index (χ3n) is 11.6. The van der Waals surface area contributed by atoms with Gasteiger partial charge in [-0.2, -0.15) is 4.98 Å². The molecular formula is C37H46N8O5. The average Bonchev–Trinajstić information content (AvgIpc) is 3.87. The molecule has 13 heteroatoms. The lowest BCUT2D eigenvalue weighted by molar-refractivity contribution is 0.0274. The molecule has 1 aromatic carbocycles. The van der Waals surface area contributed by atoms with Crippen LogP contribution in [0, 0.1) is 23.7 Å². The molecule has 4 saturated heterocycles. The zero-order valence-corrected chi connectivity index (χ0v) is 29.0. The van der Waals surface area contributed by atoms with Crippen LogP contribution in [0.5, 0.6) is 0 Å². The molecule has 2 saturated carbocycles. The first-order chi connectivity index (χ1) is 24.0. The van der Waals surface area contributed by atoms with Crippen LogP contribution in [0.25, 0.3) is 27.7 Å². The number of aromatic nitrogens is 4. The number of nitrogens with one attached hydrogen (secondary N) is 1. The third kappa shape index (κ3) is 5.68. The quantitative estimate of drug-likeness (QED) is 0.326. The van der Waals surface area contributed by atoms with Crippen molar-refractivity contribution in [2.24, 2.45) is 23.7 Å². The van der Waals surface area contributed by atoms with E-state index in [1.165, 1.54) is 45.0 Å². The summed E-state index contributed by atoms with van der Waals surface area (Å²) < 4.78 is 7.19. The number of nitrogens with zero attached hydrogens (tertiary/aromatic N) is 7. The Morgan fingerprint density at radius 1 is 0.860 bits per heavy atom. The smallest absolute Gasteiger partial charge is 0.410 e. The van der Waals surface area contributed by atoms with Crippen LogP contribution < -0.4 is 10.3 Å². The number of benzene rings is 1. The van der Waals surface area contributed by atoms with Gasteiger partial charge >= 0.3 is 12.1 Å². The van der Waals surface area contributed by atoms with E-state index in [0.717, 1.165) is 62.4 Å². The maximum Gasteiger partial charge on any atom is 0.410 e. The van der Waals surface area contributed by atoms with Gasteiger partial charge in [-0.15, -0.1) is 0 Å². The predicted octanol–water partition coefficient (Wildman–Crippen LogP) is 3.90. The Balaban J connectivity index is 0.000000159. The van der Waals surface area contributed by atoms with E-state index in [9.17, 15) is 19.5 Å². The van der Waals surface area contributed by atoms with E-state index in [4.69, 9.17) is 9.72 Å². The molecule has 13 nitrogen and oxygen atoms in total. The number of ether oxygens (including phenoxy) is 1. The summed E-state index contributed by atoms with van der Waals surface area (Å²) in [5.74, 6) is 1.94. The molecule has 0 radical (unpaired) electrons. The number of carbonyl (C=O) groups is 2. The van der Waals surface area contributed by atoms with E-state index in [0.29, 0.717) is 35.3 Å². The largest absolute Gasteiger partial charge is 0.477 e. The summed E-state index contributed by atoms with van der Waals surface area (Å²) in [7, 11) is 0. The first-order valence-corrected chi connectivity index (χ1v) is 18.3. The molecule has 4 aliphatic heterocycles. The van der Waals surface area contributed by atoms with Gasteiger partial charge in [0.05, 0.1) is 16.4 Å². The highest BCUT2D eigenvalue weighted by Gasteiger charge is 2.47. The van der Waals surface area contributed by atoms with Crippen molar-refractivity contribution in [3.8, 4) is 0 Å². The third-order valence-corrected chi connectivity index (χ3v) is 11.6. The Morgan fingerprint density at radius 3 is 2.00 bits per heavy atom. The van der Waals surface area contributed by atoms with Gasteiger partial charge in [-0.25, -0.2) is 14.6 Å². The highest BCUT2D eigenvalue weighted by molar-refractivity contribution is 6.02. The Hall–Kier alpha value is -4.23. The molecule has 6 fully saturated rings. The van der Waals surface area contributed by atoms with Crippen molar-refractivity contribution in [3.63, 3.8) is 0 Å². The number of aromatic carboxylic acids is 1. The molecular weight excluding hydrogens is 636 g/mol. The van der Waals surface area contributed by atoms with Crippen molar-refractivity contribution in [2.75, 3.05) is 57.3 Å².